The van der Waals surface area contributed by atoms with Crippen LogP contribution in [0.1, 0.15) is 48.4 Å². The average Bonchev–Trinajstić information content (AvgIpc) is 3.17. The fraction of sp³-hybridized carbons (Fsp3) is 0.562. The Kier molecular flexibility index (Phi) is 3.23. The number of carbonyl (C=O) groups is 1. The van der Waals surface area contributed by atoms with Crippen LogP contribution < -0.4 is 0 Å². The van der Waals surface area contributed by atoms with Crippen molar-refractivity contribution in [1.82, 2.24) is 19.7 Å². The van der Waals surface area contributed by atoms with Gasteiger partial charge in [0.2, 0.25) is 0 Å². The summed E-state index contributed by atoms with van der Waals surface area (Å²) in [7, 11) is 1.87. The molecule has 2 heterocycles. The first-order valence-corrected chi connectivity index (χ1v) is 7.53. The second-order valence-corrected chi connectivity index (χ2v) is 6.26. The van der Waals surface area contributed by atoms with Crippen LogP contribution in [0, 0.1) is 13.8 Å². The Morgan fingerprint density at radius 1 is 1.38 bits per heavy atom. The van der Waals surface area contributed by atoms with Gasteiger partial charge >= 0.3 is 0 Å². The van der Waals surface area contributed by atoms with Crippen LogP contribution in [0.5, 0.6) is 0 Å². The third-order valence-electron chi connectivity index (χ3n) is 4.06. The Morgan fingerprint density at radius 2 is 2.05 bits per heavy atom. The molecular formula is C16H22N4O. The van der Waals surface area contributed by atoms with Crippen LogP contribution in [0.2, 0.25) is 0 Å². The lowest BCUT2D eigenvalue weighted by Crippen LogP contribution is -2.39. The molecule has 1 saturated carbocycles. The number of nitrogens with zero attached hydrogens (tertiary/aromatic N) is 4. The fourth-order valence-electron chi connectivity index (χ4n) is 3.05. The Labute approximate surface area is 125 Å². The summed E-state index contributed by atoms with van der Waals surface area (Å²) in [6.07, 6.45) is 2.23. The van der Waals surface area contributed by atoms with Crippen LogP contribution in [-0.4, -0.2) is 37.7 Å². The van der Waals surface area contributed by atoms with Crippen molar-refractivity contribution in [2.45, 2.75) is 52.6 Å². The van der Waals surface area contributed by atoms with E-state index in [1.54, 1.807) is 4.68 Å². The first-order valence-electron chi connectivity index (χ1n) is 7.53. The number of fused-ring (bicyclic) bond motifs is 1. The van der Waals surface area contributed by atoms with E-state index in [1.165, 1.54) is 0 Å². The van der Waals surface area contributed by atoms with Gasteiger partial charge in [-0.2, -0.15) is 5.10 Å². The molecule has 0 unspecified atom stereocenters. The number of hydrogen-bond acceptors (Lipinski definition) is 3. The number of aromatic nitrogens is 3. The molecule has 0 saturated heterocycles. The number of aryl methyl sites for hydroxylation is 3. The lowest BCUT2D eigenvalue weighted by atomic mass is 10.1. The maximum absolute atomic E-state index is 13.1. The highest BCUT2D eigenvalue weighted by Crippen LogP contribution is 2.32. The molecule has 112 valence electrons. The Bertz CT molecular complexity index is 711. The minimum atomic E-state index is 0.110. The summed E-state index contributed by atoms with van der Waals surface area (Å²) in [4.78, 5) is 19.6. The van der Waals surface area contributed by atoms with Crippen LogP contribution in [0.25, 0.3) is 11.0 Å². The van der Waals surface area contributed by atoms with Crippen molar-refractivity contribution in [3.05, 3.63) is 23.0 Å². The molecule has 0 bridgehead atoms. The van der Waals surface area contributed by atoms with Crippen molar-refractivity contribution < 1.29 is 4.79 Å². The molecule has 5 nitrogen and oxygen atoms in total. The lowest BCUT2D eigenvalue weighted by molar-refractivity contribution is 0.0692. The Hall–Kier alpha value is -1.91. The minimum Gasteiger partial charge on any atom is -0.333 e. The monoisotopic (exact) mass is 286 g/mol. The van der Waals surface area contributed by atoms with Gasteiger partial charge in [0.1, 0.15) is 0 Å². The summed E-state index contributed by atoms with van der Waals surface area (Å²) in [5.74, 6) is 0.110. The van der Waals surface area contributed by atoms with E-state index < -0.39 is 0 Å². The van der Waals surface area contributed by atoms with E-state index in [4.69, 9.17) is 0 Å². The summed E-state index contributed by atoms with van der Waals surface area (Å²) in [6.45, 7) is 8.03. The van der Waals surface area contributed by atoms with Crippen molar-refractivity contribution in [2.24, 2.45) is 7.05 Å². The van der Waals surface area contributed by atoms with Crippen molar-refractivity contribution in [3.63, 3.8) is 0 Å². The minimum absolute atomic E-state index is 0.110. The van der Waals surface area contributed by atoms with Crippen LogP contribution in [-0.2, 0) is 7.05 Å². The molecular weight excluding hydrogens is 264 g/mol. The number of hydrogen-bond donors (Lipinski definition) is 0. The van der Waals surface area contributed by atoms with Gasteiger partial charge in [0.15, 0.2) is 5.65 Å². The van der Waals surface area contributed by atoms with Gasteiger partial charge in [-0.3, -0.25) is 9.48 Å². The van der Waals surface area contributed by atoms with Gasteiger partial charge in [-0.25, -0.2) is 4.98 Å². The quantitative estimate of drug-likeness (QED) is 0.871. The SMILES string of the molecule is Cc1cc(C(=O)N(C(C)C)C2CC2)c2c(C)nn(C)c2n1. The van der Waals surface area contributed by atoms with Crippen LogP contribution in [0.15, 0.2) is 6.07 Å². The fourth-order valence-corrected chi connectivity index (χ4v) is 3.05. The second-order valence-electron chi connectivity index (χ2n) is 6.26. The molecule has 2 aromatic heterocycles. The topological polar surface area (TPSA) is 51.0 Å². The van der Waals surface area contributed by atoms with Gasteiger partial charge in [-0.05, 0) is 46.6 Å². The number of pyridine rings is 1. The molecule has 21 heavy (non-hydrogen) atoms. The van der Waals surface area contributed by atoms with Gasteiger partial charge in [0, 0.05) is 24.8 Å². The van der Waals surface area contributed by atoms with E-state index in [1.807, 2.05) is 31.9 Å². The molecule has 0 radical (unpaired) electrons. The Morgan fingerprint density at radius 3 is 2.62 bits per heavy atom. The van der Waals surface area contributed by atoms with E-state index in [2.05, 4.69) is 23.9 Å². The van der Waals surface area contributed by atoms with E-state index in [-0.39, 0.29) is 11.9 Å². The normalized spacial score (nSPS) is 15.0. The van der Waals surface area contributed by atoms with E-state index in [9.17, 15) is 4.79 Å². The predicted octanol–water partition coefficient (Wildman–Crippen LogP) is 2.60. The number of carbonyl (C=O) groups excluding carboxylic acids is 1. The molecule has 0 spiro atoms. The molecule has 5 heteroatoms. The first-order chi connectivity index (χ1) is 9.90. The van der Waals surface area contributed by atoms with Gasteiger partial charge in [0.25, 0.3) is 5.91 Å². The summed E-state index contributed by atoms with van der Waals surface area (Å²) in [6, 6.07) is 2.51. The summed E-state index contributed by atoms with van der Waals surface area (Å²) in [5, 5.41) is 5.31. The van der Waals surface area contributed by atoms with E-state index in [0.717, 1.165) is 40.8 Å². The van der Waals surface area contributed by atoms with Crippen LogP contribution >= 0.6 is 0 Å². The maximum atomic E-state index is 13.1. The Balaban J connectivity index is 2.17. The number of rotatable bonds is 3. The molecule has 1 fully saturated rings. The largest absolute Gasteiger partial charge is 0.333 e. The predicted molar refractivity (Wildman–Crippen MR) is 82.3 cm³/mol. The van der Waals surface area contributed by atoms with Crippen molar-refractivity contribution in [2.75, 3.05) is 0 Å². The third-order valence-corrected chi connectivity index (χ3v) is 4.06. The van der Waals surface area contributed by atoms with Crippen molar-refractivity contribution in [3.8, 4) is 0 Å². The highest BCUT2D eigenvalue weighted by atomic mass is 16.2. The van der Waals surface area contributed by atoms with Gasteiger partial charge in [-0.1, -0.05) is 0 Å². The van der Waals surface area contributed by atoms with Crippen LogP contribution in [0.3, 0.4) is 0 Å². The summed E-state index contributed by atoms with van der Waals surface area (Å²) < 4.78 is 1.76. The highest BCUT2D eigenvalue weighted by Gasteiger charge is 2.35. The first kappa shape index (κ1) is 14.0. The molecule has 0 N–H and O–H groups in total. The van der Waals surface area contributed by atoms with Gasteiger partial charge in [0.05, 0.1) is 16.6 Å². The van der Waals surface area contributed by atoms with Crippen molar-refractivity contribution in [1.29, 1.82) is 0 Å². The lowest BCUT2D eigenvalue weighted by Gasteiger charge is -2.27. The molecule has 0 aromatic carbocycles. The average molecular weight is 286 g/mol. The molecule has 0 atom stereocenters. The molecule has 1 aliphatic rings. The van der Waals surface area contributed by atoms with Gasteiger partial charge in [-0.15, -0.1) is 0 Å². The maximum Gasteiger partial charge on any atom is 0.255 e. The summed E-state index contributed by atoms with van der Waals surface area (Å²) in [5.41, 5.74) is 3.25. The van der Waals surface area contributed by atoms with Gasteiger partial charge < -0.3 is 4.90 Å². The zero-order valence-electron chi connectivity index (χ0n) is 13.3. The standard InChI is InChI=1S/C16H22N4O/c1-9(2)20(12-6-7-12)16(21)13-8-10(3)17-15-14(13)11(4)18-19(15)5/h8-9,12H,6-7H2,1-5H3. The molecule has 1 amide bonds. The van der Waals surface area contributed by atoms with Crippen molar-refractivity contribution >= 4 is 16.9 Å². The van der Waals surface area contributed by atoms with Crippen LogP contribution in [0.4, 0.5) is 0 Å². The molecule has 1 aliphatic carbocycles. The smallest absolute Gasteiger partial charge is 0.255 e. The molecule has 2 aromatic rings. The highest BCUT2D eigenvalue weighted by molar-refractivity contribution is 6.06. The summed E-state index contributed by atoms with van der Waals surface area (Å²) >= 11 is 0. The third kappa shape index (κ3) is 2.30. The molecule has 0 aliphatic heterocycles. The molecule has 3 rings (SSSR count). The van der Waals surface area contributed by atoms with E-state index >= 15 is 0 Å². The second kappa shape index (κ2) is 4.83. The zero-order chi connectivity index (χ0) is 15.3. The zero-order valence-corrected chi connectivity index (χ0v) is 13.3. The van der Waals surface area contributed by atoms with E-state index in [0.29, 0.717) is 6.04 Å². The number of amides is 1.